The summed E-state index contributed by atoms with van der Waals surface area (Å²) in [5.74, 6) is 2.08. The fourth-order valence-corrected chi connectivity index (χ4v) is 3.35. The van der Waals surface area contributed by atoms with Crippen molar-refractivity contribution in [2.75, 3.05) is 13.1 Å². The Balaban J connectivity index is 1.59. The largest absolute Gasteiger partial charge is 0.317 e. The zero-order valence-electron chi connectivity index (χ0n) is 11.0. The summed E-state index contributed by atoms with van der Waals surface area (Å²) in [6, 6.07) is 0. The van der Waals surface area contributed by atoms with E-state index >= 15 is 0 Å². The molecule has 1 heterocycles. The lowest BCUT2D eigenvalue weighted by atomic mass is 9.84. The van der Waals surface area contributed by atoms with Crippen LogP contribution in [0, 0.1) is 11.8 Å². The molecule has 0 aromatic heterocycles. The van der Waals surface area contributed by atoms with Crippen molar-refractivity contribution in [2.24, 2.45) is 11.8 Å². The zero-order valence-corrected chi connectivity index (χ0v) is 11.0. The van der Waals surface area contributed by atoms with E-state index in [1.807, 2.05) is 0 Å². The van der Waals surface area contributed by atoms with Crippen LogP contribution in [0.5, 0.6) is 0 Å². The Kier molecular flexibility index (Phi) is 5.50. The Labute approximate surface area is 106 Å². The minimum atomic E-state index is 0.537. The maximum absolute atomic E-state index is 11.9. The molecule has 1 saturated heterocycles. The molecule has 98 valence electrons. The lowest BCUT2D eigenvalue weighted by Crippen LogP contribution is -2.28. The molecule has 1 N–H and O–H groups in total. The van der Waals surface area contributed by atoms with E-state index in [2.05, 4.69) is 5.32 Å². The number of hydrogen-bond donors (Lipinski definition) is 1. The van der Waals surface area contributed by atoms with Gasteiger partial charge in [0.15, 0.2) is 0 Å². The van der Waals surface area contributed by atoms with Crippen molar-refractivity contribution in [3.63, 3.8) is 0 Å². The third-order valence-electron chi connectivity index (χ3n) is 4.53. The number of hydrogen-bond acceptors (Lipinski definition) is 2. The van der Waals surface area contributed by atoms with E-state index in [0.29, 0.717) is 5.78 Å². The van der Waals surface area contributed by atoms with Gasteiger partial charge in [-0.2, -0.15) is 0 Å². The maximum Gasteiger partial charge on any atom is 0.133 e. The van der Waals surface area contributed by atoms with E-state index in [1.165, 1.54) is 44.9 Å². The van der Waals surface area contributed by atoms with Crippen LogP contribution in [-0.2, 0) is 4.79 Å². The Morgan fingerprint density at radius 2 is 1.65 bits per heavy atom. The van der Waals surface area contributed by atoms with Gasteiger partial charge in [0.1, 0.15) is 5.78 Å². The van der Waals surface area contributed by atoms with Crippen molar-refractivity contribution in [3.8, 4) is 0 Å². The molecule has 0 spiro atoms. The molecular formula is C15H27NO. The molecule has 2 rings (SSSR count). The summed E-state index contributed by atoms with van der Waals surface area (Å²) in [5, 5.41) is 3.38. The normalized spacial score (nSPS) is 23.8. The molecule has 0 bridgehead atoms. The standard InChI is InChI=1S/C15H27NO/c17-15(12-14-4-2-1-3-5-14)7-6-13-8-10-16-11-9-13/h13-14,16H,1-12H2. The number of carbonyl (C=O) groups is 1. The molecule has 1 saturated carbocycles. The number of ketones is 1. The molecule has 2 heteroatoms. The van der Waals surface area contributed by atoms with E-state index in [9.17, 15) is 4.79 Å². The molecule has 2 nitrogen and oxygen atoms in total. The van der Waals surface area contributed by atoms with Crippen LogP contribution in [0.1, 0.15) is 64.2 Å². The SMILES string of the molecule is O=C(CCC1CCNCC1)CC1CCCCC1. The average Bonchev–Trinajstić information content (AvgIpc) is 2.39. The molecule has 2 aliphatic rings. The van der Waals surface area contributed by atoms with Gasteiger partial charge >= 0.3 is 0 Å². The maximum atomic E-state index is 11.9. The van der Waals surface area contributed by atoms with E-state index in [0.717, 1.165) is 44.2 Å². The molecule has 17 heavy (non-hydrogen) atoms. The van der Waals surface area contributed by atoms with E-state index < -0.39 is 0 Å². The van der Waals surface area contributed by atoms with Crippen LogP contribution in [0.25, 0.3) is 0 Å². The van der Waals surface area contributed by atoms with Crippen LogP contribution in [0.4, 0.5) is 0 Å². The predicted octanol–water partition coefficient (Wildman–Crippen LogP) is 3.31. The number of carbonyl (C=O) groups excluding carboxylic acids is 1. The molecule has 0 unspecified atom stereocenters. The number of rotatable bonds is 5. The van der Waals surface area contributed by atoms with Gasteiger partial charge in [0.2, 0.25) is 0 Å². The van der Waals surface area contributed by atoms with Crippen LogP contribution in [0.3, 0.4) is 0 Å². The minimum absolute atomic E-state index is 0.537. The van der Waals surface area contributed by atoms with Gasteiger partial charge in [-0.25, -0.2) is 0 Å². The molecule has 1 aliphatic carbocycles. The molecule has 0 aromatic rings. The second-order valence-electron chi connectivity index (χ2n) is 5.98. The van der Waals surface area contributed by atoms with E-state index in [1.54, 1.807) is 0 Å². The highest BCUT2D eigenvalue weighted by Gasteiger charge is 2.18. The quantitative estimate of drug-likeness (QED) is 0.795. The molecule has 0 atom stereocenters. The molecule has 1 aliphatic heterocycles. The summed E-state index contributed by atoms with van der Waals surface area (Å²) < 4.78 is 0. The molecule has 0 aromatic carbocycles. The third-order valence-corrected chi connectivity index (χ3v) is 4.53. The summed E-state index contributed by atoms with van der Waals surface area (Å²) in [6.45, 7) is 2.31. The average molecular weight is 237 g/mol. The first kappa shape index (κ1) is 13.1. The zero-order chi connectivity index (χ0) is 11.9. The minimum Gasteiger partial charge on any atom is -0.317 e. The van der Waals surface area contributed by atoms with E-state index in [4.69, 9.17) is 0 Å². The van der Waals surface area contributed by atoms with Crippen LogP contribution in [-0.4, -0.2) is 18.9 Å². The first-order valence-electron chi connectivity index (χ1n) is 7.57. The van der Waals surface area contributed by atoms with Crippen molar-refractivity contribution in [1.82, 2.24) is 5.32 Å². The van der Waals surface area contributed by atoms with Crippen molar-refractivity contribution in [1.29, 1.82) is 0 Å². The first-order valence-corrected chi connectivity index (χ1v) is 7.57. The second-order valence-corrected chi connectivity index (χ2v) is 5.98. The Bertz CT molecular complexity index is 227. The van der Waals surface area contributed by atoms with E-state index in [-0.39, 0.29) is 0 Å². The highest BCUT2D eigenvalue weighted by Crippen LogP contribution is 2.27. The Morgan fingerprint density at radius 1 is 0.941 bits per heavy atom. The van der Waals surface area contributed by atoms with Crippen LogP contribution >= 0.6 is 0 Å². The smallest absolute Gasteiger partial charge is 0.133 e. The van der Waals surface area contributed by atoms with Crippen molar-refractivity contribution in [2.45, 2.75) is 64.2 Å². The number of Topliss-reactive ketones (excluding diaryl/α,β-unsaturated/α-hetero) is 1. The molecular weight excluding hydrogens is 210 g/mol. The van der Waals surface area contributed by atoms with Gasteiger partial charge in [0, 0.05) is 12.8 Å². The Morgan fingerprint density at radius 3 is 2.35 bits per heavy atom. The second kappa shape index (κ2) is 7.15. The van der Waals surface area contributed by atoms with Gasteiger partial charge in [0.25, 0.3) is 0 Å². The highest BCUT2D eigenvalue weighted by atomic mass is 16.1. The van der Waals surface area contributed by atoms with Crippen LogP contribution in [0.2, 0.25) is 0 Å². The van der Waals surface area contributed by atoms with Crippen LogP contribution < -0.4 is 5.32 Å². The fraction of sp³-hybridized carbons (Fsp3) is 0.933. The number of piperidine rings is 1. The summed E-state index contributed by atoms with van der Waals surface area (Å²) in [7, 11) is 0. The third kappa shape index (κ3) is 4.79. The van der Waals surface area contributed by atoms with Crippen molar-refractivity contribution in [3.05, 3.63) is 0 Å². The molecule has 0 amide bonds. The summed E-state index contributed by atoms with van der Waals surface area (Å²) in [5.41, 5.74) is 0. The van der Waals surface area contributed by atoms with Gasteiger partial charge in [-0.15, -0.1) is 0 Å². The van der Waals surface area contributed by atoms with Crippen molar-refractivity contribution >= 4 is 5.78 Å². The predicted molar refractivity (Wildman–Crippen MR) is 71.0 cm³/mol. The van der Waals surface area contributed by atoms with Gasteiger partial charge in [0.05, 0.1) is 0 Å². The summed E-state index contributed by atoms with van der Waals surface area (Å²) in [4.78, 5) is 11.9. The van der Waals surface area contributed by atoms with Gasteiger partial charge in [-0.1, -0.05) is 32.1 Å². The van der Waals surface area contributed by atoms with Gasteiger partial charge < -0.3 is 5.32 Å². The highest BCUT2D eigenvalue weighted by molar-refractivity contribution is 5.78. The fourth-order valence-electron chi connectivity index (χ4n) is 3.35. The van der Waals surface area contributed by atoms with Crippen LogP contribution in [0.15, 0.2) is 0 Å². The summed E-state index contributed by atoms with van der Waals surface area (Å²) in [6.07, 6.45) is 12.1. The number of nitrogens with one attached hydrogen (secondary N) is 1. The molecule has 2 fully saturated rings. The van der Waals surface area contributed by atoms with Crippen molar-refractivity contribution < 1.29 is 4.79 Å². The van der Waals surface area contributed by atoms with Gasteiger partial charge in [-0.05, 0) is 44.2 Å². The molecule has 0 radical (unpaired) electrons. The van der Waals surface area contributed by atoms with Gasteiger partial charge in [-0.3, -0.25) is 4.79 Å². The topological polar surface area (TPSA) is 29.1 Å². The lowest BCUT2D eigenvalue weighted by molar-refractivity contribution is -0.120. The first-order chi connectivity index (χ1) is 8.34. The monoisotopic (exact) mass is 237 g/mol. The summed E-state index contributed by atoms with van der Waals surface area (Å²) >= 11 is 0. The Hall–Kier alpha value is -0.370. The lowest BCUT2D eigenvalue weighted by Gasteiger charge is -2.23.